The molecule has 0 saturated carbocycles. The van der Waals surface area contributed by atoms with E-state index in [2.05, 4.69) is 4.90 Å². The summed E-state index contributed by atoms with van der Waals surface area (Å²) in [5.74, 6) is -1.92. The number of methoxy groups -OCH3 is 1. The second-order valence-corrected chi connectivity index (χ2v) is 9.39. The van der Waals surface area contributed by atoms with Crippen molar-refractivity contribution in [3.8, 4) is 11.5 Å². The largest absolute Gasteiger partial charge is 0.507 e. The van der Waals surface area contributed by atoms with Crippen molar-refractivity contribution >= 4 is 17.4 Å². The Hall–Kier alpha value is -3.43. The van der Waals surface area contributed by atoms with Gasteiger partial charge in [-0.2, -0.15) is 0 Å². The Morgan fingerprint density at radius 2 is 1.81 bits per heavy atom. The van der Waals surface area contributed by atoms with Gasteiger partial charge in [-0.1, -0.05) is 12.1 Å². The molecular formula is C28H33FN2O6. The van der Waals surface area contributed by atoms with Crippen molar-refractivity contribution in [2.24, 2.45) is 0 Å². The van der Waals surface area contributed by atoms with Crippen molar-refractivity contribution in [3.63, 3.8) is 0 Å². The van der Waals surface area contributed by atoms with Crippen molar-refractivity contribution in [1.29, 1.82) is 0 Å². The van der Waals surface area contributed by atoms with Gasteiger partial charge < -0.3 is 24.2 Å². The highest BCUT2D eigenvalue weighted by atomic mass is 19.1. The first-order valence-electron chi connectivity index (χ1n) is 12.5. The molecule has 2 fully saturated rings. The van der Waals surface area contributed by atoms with E-state index in [4.69, 9.17) is 14.2 Å². The van der Waals surface area contributed by atoms with E-state index >= 15 is 0 Å². The quantitative estimate of drug-likeness (QED) is 0.311. The summed E-state index contributed by atoms with van der Waals surface area (Å²) in [6, 6.07) is 10.2. The van der Waals surface area contributed by atoms with E-state index < -0.39 is 29.3 Å². The molecule has 1 amide bonds. The third-order valence-electron chi connectivity index (χ3n) is 6.52. The summed E-state index contributed by atoms with van der Waals surface area (Å²) >= 11 is 0. The van der Waals surface area contributed by atoms with Gasteiger partial charge in [-0.25, -0.2) is 4.39 Å². The number of carbonyl (C=O) groups excluding carboxylic acids is 2. The number of benzene rings is 2. The first kappa shape index (κ1) is 26.6. The lowest BCUT2D eigenvalue weighted by atomic mass is 9.95. The molecular weight excluding hydrogens is 479 g/mol. The number of aliphatic hydroxyl groups is 1. The highest BCUT2D eigenvalue weighted by molar-refractivity contribution is 6.46. The van der Waals surface area contributed by atoms with Crippen LogP contribution in [-0.2, 0) is 14.3 Å². The molecule has 2 saturated heterocycles. The molecule has 2 aliphatic heterocycles. The second-order valence-electron chi connectivity index (χ2n) is 9.39. The topological polar surface area (TPSA) is 88.5 Å². The van der Waals surface area contributed by atoms with E-state index in [-0.39, 0.29) is 23.0 Å². The number of carbonyl (C=O) groups is 2. The molecule has 0 unspecified atom stereocenters. The molecule has 8 nitrogen and oxygen atoms in total. The molecule has 198 valence electrons. The molecule has 1 atom stereocenters. The molecule has 0 aliphatic carbocycles. The maximum atomic E-state index is 14.7. The van der Waals surface area contributed by atoms with Crippen LogP contribution in [0, 0.1) is 5.82 Å². The second kappa shape index (κ2) is 11.7. The fourth-order valence-corrected chi connectivity index (χ4v) is 4.69. The number of aliphatic hydroxyl groups excluding tert-OH is 1. The van der Waals surface area contributed by atoms with E-state index in [1.807, 2.05) is 0 Å². The van der Waals surface area contributed by atoms with Gasteiger partial charge in [-0.05, 0) is 56.2 Å². The first-order chi connectivity index (χ1) is 17.8. The van der Waals surface area contributed by atoms with Crippen LogP contribution < -0.4 is 9.47 Å². The Balaban J connectivity index is 1.68. The molecule has 2 aliphatic rings. The highest BCUT2D eigenvalue weighted by Gasteiger charge is 2.45. The van der Waals surface area contributed by atoms with Gasteiger partial charge in [-0.15, -0.1) is 0 Å². The van der Waals surface area contributed by atoms with Gasteiger partial charge >= 0.3 is 0 Å². The Bertz CT molecular complexity index is 1160. The van der Waals surface area contributed by atoms with Crippen molar-refractivity contribution < 1.29 is 33.3 Å². The van der Waals surface area contributed by atoms with Gasteiger partial charge in [0.25, 0.3) is 11.7 Å². The molecule has 37 heavy (non-hydrogen) atoms. The number of nitrogens with zero attached hydrogens (tertiary/aromatic N) is 2. The third-order valence-corrected chi connectivity index (χ3v) is 6.52. The lowest BCUT2D eigenvalue weighted by molar-refractivity contribution is -0.140. The van der Waals surface area contributed by atoms with E-state index in [1.165, 1.54) is 17.0 Å². The minimum absolute atomic E-state index is 0.0434. The van der Waals surface area contributed by atoms with Gasteiger partial charge in [0.15, 0.2) is 11.6 Å². The molecule has 2 aromatic carbocycles. The van der Waals surface area contributed by atoms with Crippen molar-refractivity contribution in [2.75, 3.05) is 46.5 Å². The van der Waals surface area contributed by atoms with Crippen molar-refractivity contribution in [2.45, 2.75) is 32.4 Å². The predicted octanol–water partition coefficient (Wildman–Crippen LogP) is 3.77. The van der Waals surface area contributed by atoms with Crippen molar-refractivity contribution in [3.05, 3.63) is 65.0 Å². The summed E-state index contributed by atoms with van der Waals surface area (Å²) in [5, 5.41) is 11.2. The summed E-state index contributed by atoms with van der Waals surface area (Å²) in [7, 11) is 1.55. The van der Waals surface area contributed by atoms with Crippen LogP contribution in [0.5, 0.6) is 11.5 Å². The monoisotopic (exact) mass is 512 g/mol. The molecule has 2 aromatic rings. The minimum atomic E-state index is -0.815. The van der Waals surface area contributed by atoms with E-state index in [1.54, 1.807) is 45.2 Å². The lowest BCUT2D eigenvalue weighted by Gasteiger charge is -2.29. The number of ketones is 1. The fraction of sp³-hybridized carbons (Fsp3) is 0.429. The smallest absolute Gasteiger partial charge is 0.295 e. The lowest BCUT2D eigenvalue weighted by Crippen LogP contribution is -2.38. The summed E-state index contributed by atoms with van der Waals surface area (Å²) in [4.78, 5) is 30.1. The molecule has 0 bridgehead atoms. The molecule has 4 rings (SSSR count). The van der Waals surface area contributed by atoms with Gasteiger partial charge in [0.2, 0.25) is 0 Å². The summed E-state index contributed by atoms with van der Waals surface area (Å²) in [6.45, 7) is 7.63. The maximum Gasteiger partial charge on any atom is 0.295 e. The van der Waals surface area contributed by atoms with Crippen LogP contribution in [0.4, 0.5) is 4.39 Å². The van der Waals surface area contributed by atoms with Crippen LogP contribution in [0.15, 0.2) is 48.0 Å². The number of hydrogen-bond donors (Lipinski definition) is 1. The van der Waals surface area contributed by atoms with Crippen LogP contribution in [0.3, 0.4) is 0 Å². The molecule has 9 heteroatoms. The number of likely N-dealkylation sites (tertiary alicyclic amines) is 1. The predicted molar refractivity (Wildman–Crippen MR) is 136 cm³/mol. The SMILES string of the molecule is COc1ccc([C@@H]2/C(=C(\O)c3ccc(OC(C)C)c(F)c3)C(=O)C(=O)N2CCCN2CCOCC2)cc1. The van der Waals surface area contributed by atoms with Crippen LogP contribution in [0.25, 0.3) is 5.76 Å². The molecule has 0 aromatic heterocycles. The molecule has 2 heterocycles. The standard InChI is InChI=1S/C28H33FN2O6/c1-18(2)37-23-10-7-20(17-22(23)29)26(32)24-25(19-5-8-21(35-3)9-6-19)31(28(34)27(24)33)12-4-11-30-13-15-36-16-14-30/h5-10,17-18,25,32H,4,11-16H2,1-3H3/b26-24+/t25-/m1/s1. The number of morpholine rings is 1. The first-order valence-corrected chi connectivity index (χ1v) is 12.5. The summed E-state index contributed by atoms with van der Waals surface area (Å²) in [6.07, 6.45) is 0.419. The molecule has 1 N–H and O–H groups in total. The normalized spacial score (nSPS) is 20.0. The number of Topliss-reactive ketones (excluding diaryl/α,β-unsaturated/α-hetero) is 1. The number of hydrogen-bond acceptors (Lipinski definition) is 7. The van der Waals surface area contributed by atoms with E-state index in [0.29, 0.717) is 37.5 Å². The van der Waals surface area contributed by atoms with Crippen molar-refractivity contribution in [1.82, 2.24) is 9.80 Å². The Morgan fingerprint density at radius 1 is 1.11 bits per heavy atom. The maximum absolute atomic E-state index is 14.7. The zero-order valence-electron chi connectivity index (χ0n) is 21.4. The molecule has 0 radical (unpaired) electrons. The van der Waals surface area contributed by atoms with Gasteiger partial charge in [0.05, 0.1) is 38.0 Å². The zero-order chi connectivity index (χ0) is 26.5. The fourth-order valence-electron chi connectivity index (χ4n) is 4.69. The summed E-state index contributed by atoms with van der Waals surface area (Å²) < 4.78 is 30.8. The molecule has 0 spiro atoms. The number of amides is 1. The number of ether oxygens (including phenoxy) is 3. The van der Waals surface area contributed by atoms with E-state index in [9.17, 15) is 19.1 Å². The van der Waals surface area contributed by atoms with Gasteiger partial charge in [-0.3, -0.25) is 14.5 Å². The number of halogens is 1. The van der Waals surface area contributed by atoms with Crippen LogP contribution in [-0.4, -0.2) is 79.2 Å². The van der Waals surface area contributed by atoms with Gasteiger partial charge in [0.1, 0.15) is 11.5 Å². The Morgan fingerprint density at radius 3 is 2.43 bits per heavy atom. The zero-order valence-corrected chi connectivity index (χ0v) is 21.4. The highest BCUT2D eigenvalue weighted by Crippen LogP contribution is 2.40. The third kappa shape index (κ3) is 5.94. The summed E-state index contributed by atoms with van der Waals surface area (Å²) in [5.41, 5.74) is 0.671. The van der Waals surface area contributed by atoms with Gasteiger partial charge in [0, 0.05) is 31.7 Å². The average molecular weight is 513 g/mol. The van der Waals surface area contributed by atoms with E-state index in [0.717, 1.165) is 25.7 Å². The Labute approximate surface area is 216 Å². The number of rotatable bonds is 9. The van der Waals surface area contributed by atoms with Crippen LogP contribution >= 0.6 is 0 Å². The Kier molecular flexibility index (Phi) is 8.45. The average Bonchev–Trinajstić information content (AvgIpc) is 3.15. The van der Waals surface area contributed by atoms with Crippen LogP contribution in [0.2, 0.25) is 0 Å². The van der Waals surface area contributed by atoms with Crippen LogP contribution in [0.1, 0.15) is 37.4 Å². The minimum Gasteiger partial charge on any atom is -0.507 e.